The van der Waals surface area contributed by atoms with Gasteiger partial charge in [0, 0.05) is 25.7 Å². The summed E-state index contributed by atoms with van der Waals surface area (Å²) >= 11 is 0. The van der Waals surface area contributed by atoms with Crippen LogP contribution < -0.4 is 0 Å². The lowest BCUT2D eigenvalue weighted by atomic mass is 9.96. The lowest BCUT2D eigenvalue weighted by Crippen LogP contribution is -2.09. The summed E-state index contributed by atoms with van der Waals surface area (Å²) < 4.78 is 0. The van der Waals surface area contributed by atoms with Gasteiger partial charge in [-0.3, -0.25) is 9.59 Å². The summed E-state index contributed by atoms with van der Waals surface area (Å²) in [5.41, 5.74) is 0. The molecule has 0 saturated heterocycles. The number of carbonyl (C=O) groups excluding carboxylic acids is 2. The minimum atomic E-state index is 0.257. The van der Waals surface area contributed by atoms with Crippen LogP contribution in [0.3, 0.4) is 0 Å². The molecule has 1 fully saturated rings. The second-order valence-corrected chi connectivity index (χ2v) is 4.50. The van der Waals surface area contributed by atoms with Crippen LogP contribution in [0.2, 0.25) is 0 Å². The summed E-state index contributed by atoms with van der Waals surface area (Å²) in [5.74, 6) is 0.938. The second-order valence-electron chi connectivity index (χ2n) is 4.50. The molecule has 0 N–H and O–H groups in total. The van der Waals surface area contributed by atoms with E-state index in [9.17, 15) is 9.59 Å². The van der Waals surface area contributed by atoms with E-state index in [-0.39, 0.29) is 5.92 Å². The Labute approximate surface area is 86.1 Å². The van der Waals surface area contributed by atoms with Gasteiger partial charge in [0.25, 0.3) is 0 Å². The maximum atomic E-state index is 11.4. The molecule has 0 aromatic heterocycles. The fraction of sp³-hybridized carbons (Fsp3) is 0.833. The molecule has 2 nitrogen and oxygen atoms in total. The zero-order valence-corrected chi connectivity index (χ0v) is 9.05. The third-order valence-corrected chi connectivity index (χ3v) is 2.81. The predicted molar refractivity (Wildman–Crippen MR) is 56.1 cm³/mol. The van der Waals surface area contributed by atoms with E-state index in [0.717, 1.165) is 38.5 Å². The highest BCUT2D eigenvalue weighted by atomic mass is 16.1. The van der Waals surface area contributed by atoms with E-state index >= 15 is 0 Å². The molecule has 0 bridgehead atoms. The number of rotatable bonds is 0. The number of hydrogen-bond acceptors (Lipinski definition) is 2. The van der Waals surface area contributed by atoms with Crippen molar-refractivity contribution in [1.29, 1.82) is 0 Å². The van der Waals surface area contributed by atoms with Gasteiger partial charge in [-0.2, -0.15) is 0 Å². The van der Waals surface area contributed by atoms with E-state index < -0.39 is 0 Å². The smallest absolute Gasteiger partial charge is 0.133 e. The standard InChI is InChI=1S/C12H20O2/c1-10-8-11(13)6-4-2-3-5-7-12(14)9-10/h10H,2-9H2,1H3. The maximum Gasteiger partial charge on any atom is 0.133 e. The zero-order valence-electron chi connectivity index (χ0n) is 9.05. The Morgan fingerprint density at radius 1 is 0.857 bits per heavy atom. The Kier molecular flexibility index (Phi) is 4.85. The molecule has 0 heterocycles. The van der Waals surface area contributed by atoms with Gasteiger partial charge in [-0.05, 0) is 18.8 Å². The summed E-state index contributed by atoms with van der Waals surface area (Å²) in [6, 6.07) is 0. The van der Waals surface area contributed by atoms with Crippen molar-refractivity contribution in [1.82, 2.24) is 0 Å². The first-order valence-electron chi connectivity index (χ1n) is 5.72. The highest BCUT2D eigenvalue weighted by Gasteiger charge is 2.14. The van der Waals surface area contributed by atoms with Gasteiger partial charge in [0.05, 0.1) is 0 Å². The van der Waals surface area contributed by atoms with E-state index in [1.807, 2.05) is 6.92 Å². The molecule has 2 heteroatoms. The first kappa shape index (κ1) is 11.4. The molecule has 0 atom stereocenters. The second kappa shape index (κ2) is 5.94. The topological polar surface area (TPSA) is 34.1 Å². The highest BCUT2D eigenvalue weighted by molar-refractivity contribution is 5.81. The molecule has 1 aliphatic rings. The number of Topliss-reactive ketones (excluding diaryl/α,β-unsaturated/α-hetero) is 2. The van der Waals surface area contributed by atoms with Crippen LogP contribution in [0.4, 0.5) is 0 Å². The molecule has 1 rings (SSSR count). The van der Waals surface area contributed by atoms with Crippen molar-refractivity contribution in [3.8, 4) is 0 Å². The van der Waals surface area contributed by atoms with Gasteiger partial charge in [0.2, 0.25) is 0 Å². The summed E-state index contributed by atoms with van der Waals surface area (Å²) in [6.45, 7) is 2.01. The van der Waals surface area contributed by atoms with Gasteiger partial charge in [0.15, 0.2) is 0 Å². The normalized spacial score (nSPS) is 23.2. The first-order chi connectivity index (χ1) is 6.68. The summed E-state index contributed by atoms with van der Waals surface area (Å²) in [7, 11) is 0. The SMILES string of the molecule is CC1CC(=O)CCCCCCC(=O)C1. The fourth-order valence-electron chi connectivity index (χ4n) is 2.05. The van der Waals surface area contributed by atoms with Gasteiger partial charge < -0.3 is 0 Å². The van der Waals surface area contributed by atoms with Gasteiger partial charge in [-0.25, -0.2) is 0 Å². The third kappa shape index (κ3) is 4.54. The van der Waals surface area contributed by atoms with Crippen molar-refractivity contribution in [2.45, 2.75) is 58.3 Å². The van der Waals surface area contributed by atoms with E-state index in [1.54, 1.807) is 0 Å². The average Bonchev–Trinajstić information content (AvgIpc) is 2.11. The van der Waals surface area contributed by atoms with Gasteiger partial charge in [-0.1, -0.05) is 19.8 Å². The molecular formula is C12H20O2. The van der Waals surface area contributed by atoms with E-state index in [2.05, 4.69) is 0 Å². The molecule has 0 amide bonds. The van der Waals surface area contributed by atoms with Crippen LogP contribution >= 0.6 is 0 Å². The van der Waals surface area contributed by atoms with E-state index in [0.29, 0.717) is 24.4 Å². The quantitative estimate of drug-likeness (QED) is 0.597. The van der Waals surface area contributed by atoms with E-state index in [1.165, 1.54) is 0 Å². The van der Waals surface area contributed by atoms with Crippen LogP contribution in [-0.4, -0.2) is 11.6 Å². The largest absolute Gasteiger partial charge is 0.300 e. The van der Waals surface area contributed by atoms with Crippen LogP contribution in [0.25, 0.3) is 0 Å². The molecule has 0 aromatic carbocycles. The van der Waals surface area contributed by atoms with Crippen LogP contribution in [0.1, 0.15) is 58.3 Å². The minimum absolute atomic E-state index is 0.257. The average molecular weight is 196 g/mol. The molecule has 0 spiro atoms. The molecule has 1 aliphatic carbocycles. The lowest BCUT2D eigenvalue weighted by Gasteiger charge is -2.08. The van der Waals surface area contributed by atoms with E-state index in [4.69, 9.17) is 0 Å². The Hall–Kier alpha value is -0.660. The van der Waals surface area contributed by atoms with Crippen molar-refractivity contribution >= 4 is 11.6 Å². The molecule has 14 heavy (non-hydrogen) atoms. The summed E-state index contributed by atoms with van der Waals surface area (Å²) in [4.78, 5) is 22.8. The zero-order chi connectivity index (χ0) is 10.4. The highest BCUT2D eigenvalue weighted by Crippen LogP contribution is 2.16. The van der Waals surface area contributed by atoms with Gasteiger partial charge in [-0.15, -0.1) is 0 Å². The molecule has 0 aliphatic heterocycles. The molecule has 0 unspecified atom stereocenters. The van der Waals surface area contributed by atoms with Crippen molar-refractivity contribution in [2.75, 3.05) is 0 Å². The maximum absolute atomic E-state index is 11.4. The molecule has 0 aromatic rings. The molecule has 1 saturated carbocycles. The molecule has 0 radical (unpaired) electrons. The van der Waals surface area contributed by atoms with Crippen LogP contribution in [0.15, 0.2) is 0 Å². The monoisotopic (exact) mass is 196 g/mol. The van der Waals surface area contributed by atoms with Crippen molar-refractivity contribution < 1.29 is 9.59 Å². The Morgan fingerprint density at radius 3 is 1.71 bits per heavy atom. The Morgan fingerprint density at radius 2 is 1.29 bits per heavy atom. The predicted octanol–water partition coefficient (Wildman–Crippen LogP) is 2.90. The Bertz CT molecular complexity index is 186. The minimum Gasteiger partial charge on any atom is -0.300 e. The summed E-state index contributed by atoms with van der Waals surface area (Å²) in [5, 5.41) is 0. The Balaban J connectivity index is 2.44. The van der Waals surface area contributed by atoms with Crippen LogP contribution in [0, 0.1) is 5.92 Å². The van der Waals surface area contributed by atoms with Crippen LogP contribution in [-0.2, 0) is 9.59 Å². The number of carbonyl (C=O) groups is 2. The molecule has 80 valence electrons. The van der Waals surface area contributed by atoms with Crippen molar-refractivity contribution in [3.05, 3.63) is 0 Å². The molecular weight excluding hydrogens is 176 g/mol. The van der Waals surface area contributed by atoms with Crippen molar-refractivity contribution in [2.24, 2.45) is 5.92 Å². The summed E-state index contributed by atoms with van der Waals surface area (Å²) in [6.07, 6.45) is 6.88. The van der Waals surface area contributed by atoms with Gasteiger partial charge in [0.1, 0.15) is 11.6 Å². The number of ketones is 2. The third-order valence-electron chi connectivity index (χ3n) is 2.81. The fourth-order valence-corrected chi connectivity index (χ4v) is 2.05. The first-order valence-corrected chi connectivity index (χ1v) is 5.72. The van der Waals surface area contributed by atoms with Crippen molar-refractivity contribution in [3.63, 3.8) is 0 Å². The number of hydrogen-bond donors (Lipinski definition) is 0. The van der Waals surface area contributed by atoms with Crippen LogP contribution in [0.5, 0.6) is 0 Å². The van der Waals surface area contributed by atoms with Gasteiger partial charge >= 0.3 is 0 Å². The lowest BCUT2D eigenvalue weighted by molar-refractivity contribution is -0.121.